The molecule has 0 fully saturated rings. The van der Waals surface area contributed by atoms with Gasteiger partial charge in [-0.3, -0.25) is 0 Å². The van der Waals surface area contributed by atoms with Gasteiger partial charge in [-0.1, -0.05) is 253 Å². The van der Waals surface area contributed by atoms with Crippen molar-refractivity contribution in [2.75, 3.05) is 0 Å². The average molecular weight is 955 g/mol. The molecule has 13 rings (SSSR count). The van der Waals surface area contributed by atoms with E-state index in [1.54, 1.807) is 0 Å². The van der Waals surface area contributed by atoms with Crippen molar-refractivity contribution < 1.29 is 0 Å². The average Bonchev–Trinajstić information content (AvgIpc) is 3.89. The van der Waals surface area contributed by atoms with Crippen LogP contribution in [0.25, 0.3) is 131 Å². The Morgan fingerprint density at radius 1 is 0.203 bits per heavy atom. The SMILES string of the molecule is CC(C)(C)c1ccc(-c2ccc(-c3ccc(C(C)(C)C)cc3)c3c4cc5c(cc6c7c(-c8ccc(C(C)(C)C)cc8)c8ccccc8c(-c8ccc(C(C)(C)C)cc8)c7c7cccc5c76)c5cccc(c23)c54)cc1. The monoisotopic (exact) mass is 955 g/mol. The van der Waals surface area contributed by atoms with E-state index in [1.807, 2.05) is 0 Å². The number of benzene rings is 11. The van der Waals surface area contributed by atoms with E-state index in [2.05, 4.69) is 265 Å². The predicted molar refractivity (Wildman–Crippen MR) is 325 cm³/mol. The lowest BCUT2D eigenvalue weighted by molar-refractivity contribution is 0.590. The minimum absolute atomic E-state index is 0.0454. The molecule has 0 saturated heterocycles. The zero-order valence-corrected chi connectivity index (χ0v) is 45.3. The Kier molecular flexibility index (Phi) is 9.99. The molecule has 0 aliphatic carbocycles. The van der Waals surface area contributed by atoms with Crippen LogP contribution in [0.2, 0.25) is 0 Å². The number of rotatable bonds is 4. The molecule has 0 radical (unpaired) electrons. The molecule has 13 aromatic carbocycles. The van der Waals surface area contributed by atoms with E-state index in [0.29, 0.717) is 0 Å². The molecule has 0 unspecified atom stereocenters. The Hall–Kier alpha value is -7.54. The highest BCUT2D eigenvalue weighted by Crippen LogP contribution is 2.55. The van der Waals surface area contributed by atoms with E-state index in [9.17, 15) is 0 Å². The molecule has 13 aromatic rings. The van der Waals surface area contributed by atoms with Crippen molar-refractivity contribution in [3.05, 3.63) is 204 Å². The molecule has 362 valence electrons. The zero-order chi connectivity index (χ0) is 51.4. The van der Waals surface area contributed by atoms with Crippen LogP contribution >= 0.6 is 0 Å². The normalized spacial score (nSPS) is 13.1. The lowest BCUT2D eigenvalue weighted by Crippen LogP contribution is -2.10. The fourth-order valence-corrected chi connectivity index (χ4v) is 12.8. The maximum atomic E-state index is 2.59. The van der Waals surface area contributed by atoms with Crippen molar-refractivity contribution in [1.29, 1.82) is 0 Å². The molecule has 0 N–H and O–H groups in total. The summed E-state index contributed by atoms with van der Waals surface area (Å²) in [6, 6.07) is 71.1. The maximum Gasteiger partial charge on any atom is -0.000719 e. The van der Waals surface area contributed by atoms with Crippen LogP contribution in [0.1, 0.15) is 105 Å². The van der Waals surface area contributed by atoms with Crippen molar-refractivity contribution in [2.45, 2.75) is 105 Å². The van der Waals surface area contributed by atoms with Gasteiger partial charge in [0.25, 0.3) is 0 Å². The van der Waals surface area contributed by atoms with Crippen molar-refractivity contribution in [3.63, 3.8) is 0 Å². The minimum atomic E-state index is 0.0454. The highest BCUT2D eigenvalue weighted by Gasteiger charge is 2.28. The largest absolute Gasteiger partial charge is 0.0616 e. The van der Waals surface area contributed by atoms with E-state index >= 15 is 0 Å². The minimum Gasteiger partial charge on any atom is -0.0616 e. The Bertz CT molecular complexity index is 4360. The van der Waals surface area contributed by atoms with Gasteiger partial charge in [0.2, 0.25) is 0 Å². The quantitative estimate of drug-likeness (QED) is 0.154. The summed E-state index contributed by atoms with van der Waals surface area (Å²) in [5.74, 6) is 0. The maximum absolute atomic E-state index is 2.59. The van der Waals surface area contributed by atoms with Crippen LogP contribution in [-0.2, 0) is 21.7 Å². The van der Waals surface area contributed by atoms with Gasteiger partial charge in [-0.2, -0.15) is 0 Å². The molecule has 0 saturated carbocycles. The second-order valence-electron chi connectivity index (χ2n) is 25.7. The molecular formula is C74H66. The fourth-order valence-electron chi connectivity index (χ4n) is 12.8. The summed E-state index contributed by atoms with van der Waals surface area (Å²) in [6.45, 7) is 27.7. The Morgan fingerprint density at radius 3 is 0.851 bits per heavy atom. The van der Waals surface area contributed by atoms with Gasteiger partial charge >= 0.3 is 0 Å². The van der Waals surface area contributed by atoms with Gasteiger partial charge in [-0.05, 0) is 187 Å². The van der Waals surface area contributed by atoms with Gasteiger partial charge in [-0.15, -0.1) is 0 Å². The van der Waals surface area contributed by atoms with Crippen LogP contribution < -0.4 is 0 Å². The van der Waals surface area contributed by atoms with Crippen LogP contribution in [0.15, 0.2) is 182 Å². The summed E-state index contributed by atoms with van der Waals surface area (Å²) in [6.07, 6.45) is 0. The summed E-state index contributed by atoms with van der Waals surface area (Å²) in [4.78, 5) is 0. The topological polar surface area (TPSA) is 0 Å². The third kappa shape index (κ3) is 7.01. The fraction of sp³-hybridized carbons (Fsp3) is 0.216. The predicted octanol–water partition coefficient (Wildman–Crippen LogP) is 21.6. The number of hydrogen-bond donors (Lipinski definition) is 0. The molecule has 74 heavy (non-hydrogen) atoms. The van der Waals surface area contributed by atoms with Gasteiger partial charge < -0.3 is 0 Å². The van der Waals surface area contributed by atoms with Gasteiger partial charge in [-0.25, -0.2) is 0 Å². The van der Waals surface area contributed by atoms with E-state index in [1.165, 1.54) is 153 Å². The zero-order valence-electron chi connectivity index (χ0n) is 45.3. The molecule has 0 bridgehead atoms. The van der Waals surface area contributed by atoms with Crippen LogP contribution in [0, 0.1) is 0 Å². The van der Waals surface area contributed by atoms with Crippen LogP contribution in [0.5, 0.6) is 0 Å². The highest BCUT2D eigenvalue weighted by molar-refractivity contribution is 6.45. The van der Waals surface area contributed by atoms with Gasteiger partial charge in [0.1, 0.15) is 0 Å². The third-order valence-electron chi connectivity index (χ3n) is 16.8. The summed E-state index contributed by atoms with van der Waals surface area (Å²) in [5, 5.41) is 21.1. The van der Waals surface area contributed by atoms with E-state index in [-0.39, 0.29) is 21.7 Å². The first-order chi connectivity index (χ1) is 35.3. The summed E-state index contributed by atoms with van der Waals surface area (Å²) >= 11 is 0. The lowest BCUT2D eigenvalue weighted by Gasteiger charge is -2.21. The van der Waals surface area contributed by atoms with Crippen molar-refractivity contribution >= 4 is 86.2 Å². The third-order valence-corrected chi connectivity index (χ3v) is 16.8. The molecule has 0 nitrogen and oxygen atoms in total. The Balaban J connectivity index is 1.19. The Labute approximate surface area is 437 Å². The first kappa shape index (κ1) is 46.3. The lowest BCUT2D eigenvalue weighted by atomic mass is 9.83. The molecule has 0 aliphatic rings. The number of hydrogen-bond acceptors (Lipinski definition) is 0. The molecule has 0 aromatic heterocycles. The molecule has 0 spiro atoms. The summed E-state index contributed by atoms with van der Waals surface area (Å²) < 4.78 is 0. The van der Waals surface area contributed by atoms with Gasteiger partial charge in [0, 0.05) is 0 Å². The first-order valence-corrected chi connectivity index (χ1v) is 26.9. The molecular weight excluding hydrogens is 889 g/mol. The van der Waals surface area contributed by atoms with Crippen molar-refractivity contribution in [1.82, 2.24) is 0 Å². The highest BCUT2D eigenvalue weighted by atomic mass is 14.3. The molecule has 0 atom stereocenters. The van der Waals surface area contributed by atoms with Crippen LogP contribution in [0.4, 0.5) is 0 Å². The van der Waals surface area contributed by atoms with Crippen molar-refractivity contribution in [3.8, 4) is 44.5 Å². The summed E-state index contributed by atoms with van der Waals surface area (Å²) in [5.41, 5.74) is 15.8. The standard InChI is InChI=1S/C74H66/c1-71(2,3)47-31-23-43(24-32-47)51-39-40-52(44-25-33-48(34-26-44)72(4,5)6)68-61-41-59-56-20-16-22-58-66(56)62(42-60(59)55-19-15-21-57(65(55)61)67(51)68)70-64(46-29-37-50(38-30-46)74(10,11)12)54-18-14-13-17-53(54)63(69(58)70)45-27-35-49(36-28-45)73(7,8)9/h13-42H,1-12H3. The van der Waals surface area contributed by atoms with E-state index < -0.39 is 0 Å². The second kappa shape index (κ2) is 16.0. The van der Waals surface area contributed by atoms with Crippen LogP contribution in [0.3, 0.4) is 0 Å². The second-order valence-corrected chi connectivity index (χ2v) is 25.7. The van der Waals surface area contributed by atoms with E-state index in [4.69, 9.17) is 0 Å². The molecule has 0 amide bonds. The number of fused-ring (bicyclic) bond motifs is 10. The Morgan fingerprint density at radius 2 is 0.486 bits per heavy atom. The molecule has 0 heterocycles. The smallest absolute Gasteiger partial charge is 0.000719 e. The molecule has 0 aliphatic heterocycles. The first-order valence-electron chi connectivity index (χ1n) is 26.9. The van der Waals surface area contributed by atoms with E-state index in [0.717, 1.165) is 0 Å². The van der Waals surface area contributed by atoms with Gasteiger partial charge in [0.15, 0.2) is 0 Å². The van der Waals surface area contributed by atoms with Crippen molar-refractivity contribution in [2.24, 2.45) is 0 Å². The molecule has 0 heteroatoms. The van der Waals surface area contributed by atoms with Gasteiger partial charge in [0.05, 0.1) is 0 Å². The van der Waals surface area contributed by atoms with Crippen LogP contribution in [-0.4, -0.2) is 0 Å². The summed E-state index contributed by atoms with van der Waals surface area (Å²) in [7, 11) is 0.